The van der Waals surface area contributed by atoms with E-state index in [1.54, 1.807) is 0 Å². The minimum absolute atomic E-state index is 0.177. The van der Waals surface area contributed by atoms with E-state index in [1.807, 2.05) is 0 Å². The Labute approximate surface area is 91.0 Å². The Bertz CT molecular complexity index is 324. The summed E-state index contributed by atoms with van der Waals surface area (Å²) in [6, 6.07) is 0. The van der Waals surface area contributed by atoms with Crippen molar-refractivity contribution in [1.29, 1.82) is 0 Å². The molecular formula is C7H11ClF3NO2S. The van der Waals surface area contributed by atoms with Crippen molar-refractivity contribution in [3.05, 3.63) is 11.1 Å². The van der Waals surface area contributed by atoms with Crippen LogP contribution in [0.2, 0.25) is 0 Å². The van der Waals surface area contributed by atoms with E-state index in [0.29, 0.717) is 6.08 Å². The van der Waals surface area contributed by atoms with Crippen LogP contribution in [0.25, 0.3) is 0 Å². The molecule has 0 aromatic heterocycles. The van der Waals surface area contributed by atoms with Gasteiger partial charge in [0, 0.05) is 0 Å². The molecule has 0 spiro atoms. The van der Waals surface area contributed by atoms with E-state index in [9.17, 15) is 21.6 Å². The summed E-state index contributed by atoms with van der Waals surface area (Å²) in [5.41, 5.74) is 5.07. The number of halogens is 4. The summed E-state index contributed by atoms with van der Waals surface area (Å²) >= 11 is 4.84. The van der Waals surface area contributed by atoms with Gasteiger partial charge in [-0.15, -0.1) is 0 Å². The second kappa shape index (κ2) is 5.72. The Morgan fingerprint density at radius 1 is 1.40 bits per heavy atom. The highest BCUT2D eigenvalue weighted by atomic mass is 35.5. The van der Waals surface area contributed by atoms with Gasteiger partial charge in [0.15, 0.2) is 9.84 Å². The number of sulfone groups is 1. The molecule has 2 N–H and O–H groups in total. The first-order valence-corrected chi connectivity index (χ1v) is 6.22. The minimum atomic E-state index is -4.69. The molecule has 0 aromatic carbocycles. The maximum absolute atomic E-state index is 11.9. The molecule has 0 fully saturated rings. The topological polar surface area (TPSA) is 60.2 Å². The average Bonchev–Trinajstić information content (AvgIpc) is 2.09. The standard InChI is InChI=1S/C7H11ClF3NO2S/c8-6(7(9,10)11)2-5-15(13,14)4-1-3-12/h2H,1,3-5,12H2/b6-2-. The van der Waals surface area contributed by atoms with Crippen LogP contribution in [0, 0.1) is 0 Å². The van der Waals surface area contributed by atoms with Crippen LogP contribution in [-0.2, 0) is 9.84 Å². The van der Waals surface area contributed by atoms with Gasteiger partial charge in [0.05, 0.1) is 11.5 Å². The first-order chi connectivity index (χ1) is 6.69. The largest absolute Gasteiger partial charge is 0.426 e. The number of nitrogens with two attached hydrogens (primary N) is 1. The van der Waals surface area contributed by atoms with Gasteiger partial charge in [-0.3, -0.25) is 0 Å². The van der Waals surface area contributed by atoms with E-state index in [0.717, 1.165) is 0 Å². The highest BCUT2D eigenvalue weighted by molar-refractivity contribution is 7.91. The third kappa shape index (κ3) is 6.75. The normalized spacial score (nSPS) is 14.3. The van der Waals surface area contributed by atoms with Gasteiger partial charge in [-0.1, -0.05) is 11.6 Å². The van der Waals surface area contributed by atoms with Gasteiger partial charge in [0.25, 0.3) is 0 Å². The van der Waals surface area contributed by atoms with Gasteiger partial charge in [-0.2, -0.15) is 13.2 Å². The van der Waals surface area contributed by atoms with Gasteiger partial charge in [0.1, 0.15) is 5.03 Å². The number of rotatable bonds is 5. The van der Waals surface area contributed by atoms with Crippen LogP contribution in [0.1, 0.15) is 6.42 Å². The van der Waals surface area contributed by atoms with E-state index >= 15 is 0 Å². The molecule has 90 valence electrons. The van der Waals surface area contributed by atoms with Gasteiger partial charge in [-0.05, 0) is 19.0 Å². The molecule has 15 heavy (non-hydrogen) atoms. The zero-order valence-electron chi connectivity index (χ0n) is 7.72. The second-order valence-electron chi connectivity index (χ2n) is 2.81. The lowest BCUT2D eigenvalue weighted by molar-refractivity contribution is -0.0846. The molecule has 0 atom stereocenters. The monoisotopic (exact) mass is 265 g/mol. The summed E-state index contributed by atoms with van der Waals surface area (Å²) in [6.45, 7) is 0.177. The van der Waals surface area contributed by atoms with Crippen molar-refractivity contribution in [2.24, 2.45) is 5.73 Å². The molecule has 0 bridgehead atoms. The molecule has 0 aliphatic carbocycles. The first kappa shape index (κ1) is 14.7. The van der Waals surface area contributed by atoms with Gasteiger partial charge >= 0.3 is 6.18 Å². The van der Waals surface area contributed by atoms with Crippen LogP contribution in [-0.4, -0.2) is 32.6 Å². The highest BCUT2D eigenvalue weighted by Crippen LogP contribution is 2.28. The fourth-order valence-corrected chi connectivity index (χ4v) is 2.06. The molecule has 0 heterocycles. The average molecular weight is 266 g/mol. The fourth-order valence-electron chi connectivity index (χ4n) is 0.702. The number of hydrogen-bond donors (Lipinski definition) is 1. The summed E-state index contributed by atoms with van der Waals surface area (Å²) in [5.74, 6) is -0.951. The Balaban J connectivity index is 4.38. The molecule has 0 unspecified atom stereocenters. The number of hydrogen-bond acceptors (Lipinski definition) is 3. The minimum Gasteiger partial charge on any atom is -0.330 e. The lowest BCUT2D eigenvalue weighted by Crippen LogP contribution is -2.15. The quantitative estimate of drug-likeness (QED) is 0.818. The van der Waals surface area contributed by atoms with Crippen LogP contribution in [0.5, 0.6) is 0 Å². The SMILES string of the molecule is NCCCS(=O)(=O)C/C=C(\Cl)C(F)(F)F. The molecule has 0 aliphatic rings. The maximum atomic E-state index is 11.9. The molecule has 0 rings (SSSR count). The molecule has 0 amide bonds. The summed E-state index contributed by atoms with van der Waals surface area (Å²) in [4.78, 5) is 0. The molecule has 0 saturated carbocycles. The molecule has 3 nitrogen and oxygen atoms in total. The van der Waals surface area contributed by atoms with Crippen molar-refractivity contribution in [1.82, 2.24) is 0 Å². The Morgan fingerprint density at radius 3 is 2.33 bits per heavy atom. The maximum Gasteiger partial charge on any atom is 0.426 e. The Hall–Kier alpha value is -0.270. The van der Waals surface area contributed by atoms with Gasteiger partial charge < -0.3 is 5.73 Å². The Kier molecular flexibility index (Phi) is 5.61. The smallest absolute Gasteiger partial charge is 0.330 e. The third-order valence-corrected chi connectivity index (χ3v) is 3.40. The molecule has 8 heteroatoms. The predicted molar refractivity (Wildman–Crippen MR) is 52.3 cm³/mol. The third-order valence-electron chi connectivity index (χ3n) is 1.45. The number of alkyl halides is 3. The van der Waals surface area contributed by atoms with Crippen molar-refractivity contribution >= 4 is 21.4 Å². The second-order valence-corrected chi connectivity index (χ2v) is 5.44. The molecule has 0 saturated heterocycles. The van der Waals surface area contributed by atoms with Crippen LogP contribution in [0.15, 0.2) is 11.1 Å². The van der Waals surface area contributed by atoms with Crippen LogP contribution in [0.3, 0.4) is 0 Å². The van der Waals surface area contributed by atoms with Crippen molar-refractivity contribution in [3.63, 3.8) is 0 Å². The molecule has 0 aromatic rings. The van der Waals surface area contributed by atoms with Crippen molar-refractivity contribution in [2.75, 3.05) is 18.1 Å². The van der Waals surface area contributed by atoms with Crippen LogP contribution in [0.4, 0.5) is 13.2 Å². The predicted octanol–water partition coefficient (Wildman–Crippen LogP) is 1.44. The van der Waals surface area contributed by atoms with Gasteiger partial charge in [0.2, 0.25) is 0 Å². The first-order valence-electron chi connectivity index (χ1n) is 4.02. The van der Waals surface area contributed by atoms with E-state index < -0.39 is 26.8 Å². The van der Waals surface area contributed by atoms with Crippen molar-refractivity contribution in [2.45, 2.75) is 12.6 Å². The summed E-state index contributed by atoms with van der Waals surface area (Å²) in [6.07, 6.45) is -4.02. The zero-order valence-corrected chi connectivity index (χ0v) is 9.29. The number of allylic oxidation sites excluding steroid dienone is 1. The van der Waals surface area contributed by atoms with E-state index in [-0.39, 0.29) is 18.7 Å². The van der Waals surface area contributed by atoms with E-state index in [2.05, 4.69) is 0 Å². The molecule has 0 radical (unpaired) electrons. The van der Waals surface area contributed by atoms with Crippen molar-refractivity contribution in [3.8, 4) is 0 Å². The highest BCUT2D eigenvalue weighted by Gasteiger charge is 2.32. The summed E-state index contributed by atoms with van der Waals surface area (Å²) in [5, 5.41) is -1.42. The van der Waals surface area contributed by atoms with Crippen molar-refractivity contribution < 1.29 is 21.6 Å². The lowest BCUT2D eigenvalue weighted by Gasteiger charge is -2.04. The lowest BCUT2D eigenvalue weighted by atomic mass is 10.5. The zero-order chi connectivity index (χ0) is 12.1. The van der Waals surface area contributed by atoms with E-state index in [4.69, 9.17) is 17.3 Å². The Morgan fingerprint density at radius 2 is 1.93 bits per heavy atom. The van der Waals surface area contributed by atoms with Crippen LogP contribution < -0.4 is 5.73 Å². The molecular weight excluding hydrogens is 255 g/mol. The fraction of sp³-hybridized carbons (Fsp3) is 0.714. The van der Waals surface area contributed by atoms with Gasteiger partial charge in [-0.25, -0.2) is 8.42 Å². The summed E-state index contributed by atoms with van der Waals surface area (Å²) in [7, 11) is -3.54. The van der Waals surface area contributed by atoms with E-state index in [1.165, 1.54) is 0 Å². The van der Waals surface area contributed by atoms with Crippen LogP contribution >= 0.6 is 11.6 Å². The summed E-state index contributed by atoms with van der Waals surface area (Å²) < 4.78 is 57.8. The molecule has 0 aliphatic heterocycles.